The molecule has 0 aromatic carbocycles. The van der Waals surface area contributed by atoms with Gasteiger partial charge in [-0.05, 0) is 37.8 Å². The Hall–Kier alpha value is -0.850. The summed E-state index contributed by atoms with van der Waals surface area (Å²) in [6.07, 6.45) is 13.0. The van der Waals surface area contributed by atoms with E-state index in [0.717, 1.165) is 24.8 Å². The Morgan fingerprint density at radius 1 is 1.46 bits per heavy atom. The molecule has 1 heteroatoms. The summed E-state index contributed by atoms with van der Waals surface area (Å²) in [7, 11) is 0. The van der Waals surface area contributed by atoms with Crippen molar-refractivity contribution in [1.29, 1.82) is 0 Å². The van der Waals surface area contributed by atoms with Gasteiger partial charge in [-0.25, -0.2) is 0 Å². The van der Waals surface area contributed by atoms with Gasteiger partial charge in [-0.1, -0.05) is 31.2 Å². The van der Waals surface area contributed by atoms with Crippen LogP contribution in [0.2, 0.25) is 0 Å². The molecule has 1 aliphatic heterocycles. The molecule has 1 nitrogen and oxygen atoms in total. The van der Waals surface area contributed by atoms with Gasteiger partial charge in [0, 0.05) is 6.54 Å². The molecule has 13 heavy (non-hydrogen) atoms. The lowest BCUT2D eigenvalue weighted by Gasteiger charge is -2.22. The Morgan fingerprint density at radius 2 is 2.31 bits per heavy atom. The van der Waals surface area contributed by atoms with Crippen molar-refractivity contribution in [2.24, 2.45) is 16.8 Å². The molecule has 0 fully saturated rings. The minimum absolute atomic E-state index is 0.750. The number of aliphatic imine (C=N–C) groups is 1. The van der Waals surface area contributed by atoms with Crippen molar-refractivity contribution >= 4 is 6.21 Å². The van der Waals surface area contributed by atoms with E-state index in [9.17, 15) is 0 Å². The van der Waals surface area contributed by atoms with E-state index in [2.05, 4.69) is 42.4 Å². The van der Waals surface area contributed by atoms with Gasteiger partial charge in [-0.2, -0.15) is 0 Å². The van der Waals surface area contributed by atoms with Gasteiger partial charge in [0.05, 0.1) is 0 Å². The van der Waals surface area contributed by atoms with Crippen LogP contribution in [-0.2, 0) is 0 Å². The summed E-state index contributed by atoms with van der Waals surface area (Å²) in [6, 6.07) is 0. The molecule has 0 amide bonds. The standard InChI is InChI=1S/C12H19N/c1-3-4-5-6-7-12-8-9-13-10-11(12)2/h3-6,9,11-12H,7-8,10H2,1-2H3/b4-3-,6-5-/t11-,12?/m1/s1. The van der Waals surface area contributed by atoms with Crippen LogP contribution in [0, 0.1) is 11.8 Å². The van der Waals surface area contributed by atoms with E-state index in [1.54, 1.807) is 0 Å². The fraction of sp³-hybridized carbons (Fsp3) is 0.583. The summed E-state index contributed by atoms with van der Waals surface area (Å²) >= 11 is 0. The van der Waals surface area contributed by atoms with Crippen LogP contribution in [0.15, 0.2) is 29.3 Å². The highest BCUT2D eigenvalue weighted by Gasteiger charge is 2.16. The maximum atomic E-state index is 4.29. The largest absolute Gasteiger partial charge is 0.297 e. The lowest BCUT2D eigenvalue weighted by Crippen LogP contribution is -2.18. The highest BCUT2D eigenvalue weighted by atomic mass is 14.7. The molecule has 0 saturated carbocycles. The minimum Gasteiger partial charge on any atom is -0.297 e. The first-order valence-corrected chi connectivity index (χ1v) is 5.10. The summed E-state index contributed by atoms with van der Waals surface area (Å²) in [6.45, 7) is 5.35. The van der Waals surface area contributed by atoms with Crippen LogP contribution in [0.1, 0.15) is 26.7 Å². The lowest BCUT2D eigenvalue weighted by atomic mass is 9.87. The number of allylic oxidation sites excluding steroid dienone is 4. The van der Waals surface area contributed by atoms with Crippen LogP contribution in [0.5, 0.6) is 0 Å². The molecular formula is C12H19N. The predicted octanol–water partition coefficient (Wildman–Crippen LogP) is 3.24. The van der Waals surface area contributed by atoms with Crippen LogP contribution in [0.4, 0.5) is 0 Å². The predicted molar refractivity (Wildman–Crippen MR) is 59.2 cm³/mol. The fourth-order valence-corrected chi connectivity index (χ4v) is 1.60. The van der Waals surface area contributed by atoms with E-state index in [4.69, 9.17) is 0 Å². The van der Waals surface area contributed by atoms with Gasteiger partial charge in [-0.3, -0.25) is 4.99 Å². The molecule has 0 radical (unpaired) electrons. The highest BCUT2D eigenvalue weighted by molar-refractivity contribution is 5.58. The first-order chi connectivity index (χ1) is 6.34. The maximum Gasteiger partial charge on any atom is 0.0413 e. The van der Waals surface area contributed by atoms with Crippen molar-refractivity contribution in [3.05, 3.63) is 24.3 Å². The minimum atomic E-state index is 0.750. The Labute approximate surface area is 81.3 Å². The molecule has 2 atom stereocenters. The SMILES string of the molecule is C/C=C\C=C/CC1CC=NC[C@H]1C. The molecule has 1 unspecified atom stereocenters. The average molecular weight is 177 g/mol. The van der Waals surface area contributed by atoms with Crippen molar-refractivity contribution in [3.8, 4) is 0 Å². The van der Waals surface area contributed by atoms with Gasteiger partial charge >= 0.3 is 0 Å². The fourth-order valence-electron chi connectivity index (χ4n) is 1.60. The topological polar surface area (TPSA) is 12.4 Å². The van der Waals surface area contributed by atoms with Crippen LogP contribution in [0.25, 0.3) is 0 Å². The van der Waals surface area contributed by atoms with E-state index in [1.165, 1.54) is 6.42 Å². The average Bonchev–Trinajstić information content (AvgIpc) is 2.15. The molecule has 1 heterocycles. The zero-order valence-corrected chi connectivity index (χ0v) is 8.61. The lowest BCUT2D eigenvalue weighted by molar-refractivity contribution is 0.369. The van der Waals surface area contributed by atoms with Crippen molar-refractivity contribution in [1.82, 2.24) is 0 Å². The summed E-state index contributed by atoms with van der Waals surface area (Å²) in [5.41, 5.74) is 0. The first kappa shape index (κ1) is 10.2. The number of hydrogen-bond acceptors (Lipinski definition) is 1. The summed E-state index contributed by atoms with van der Waals surface area (Å²) in [5.74, 6) is 1.55. The summed E-state index contributed by atoms with van der Waals surface area (Å²) < 4.78 is 0. The molecule has 0 N–H and O–H groups in total. The quantitative estimate of drug-likeness (QED) is 0.587. The Bertz CT molecular complexity index is 213. The second-order valence-corrected chi connectivity index (χ2v) is 3.71. The number of rotatable bonds is 3. The van der Waals surface area contributed by atoms with Crippen LogP contribution in [-0.4, -0.2) is 12.8 Å². The summed E-state index contributed by atoms with van der Waals surface area (Å²) in [5, 5.41) is 0. The van der Waals surface area contributed by atoms with E-state index in [-0.39, 0.29) is 0 Å². The first-order valence-electron chi connectivity index (χ1n) is 5.10. The molecule has 0 aromatic heterocycles. The third-order valence-corrected chi connectivity index (χ3v) is 2.61. The second kappa shape index (κ2) is 5.74. The normalized spacial score (nSPS) is 29.1. The van der Waals surface area contributed by atoms with Gasteiger partial charge in [0.1, 0.15) is 0 Å². The number of nitrogens with zero attached hydrogens (tertiary/aromatic N) is 1. The van der Waals surface area contributed by atoms with Gasteiger partial charge < -0.3 is 0 Å². The van der Waals surface area contributed by atoms with Gasteiger partial charge in [0.25, 0.3) is 0 Å². The number of hydrogen-bond donors (Lipinski definition) is 0. The van der Waals surface area contributed by atoms with Crippen molar-refractivity contribution in [2.45, 2.75) is 26.7 Å². The van der Waals surface area contributed by atoms with Crippen molar-refractivity contribution in [2.75, 3.05) is 6.54 Å². The zero-order valence-electron chi connectivity index (χ0n) is 8.61. The Kier molecular flexibility index (Phi) is 4.52. The van der Waals surface area contributed by atoms with E-state index < -0.39 is 0 Å². The van der Waals surface area contributed by atoms with Crippen LogP contribution >= 0.6 is 0 Å². The molecule has 0 bridgehead atoms. The second-order valence-electron chi connectivity index (χ2n) is 3.71. The van der Waals surface area contributed by atoms with Crippen molar-refractivity contribution in [3.63, 3.8) is 0 Å². The molecule has 0 spiro atoms. The molecular weight excluding hydrogens is 158 g/mol. The van der Waals surface area contributed by atoms with E-state index in [0.29, 0.717) is 0 Å². The summed E-state index contributed by atoms with van der Waals surface area (Å²) in [4.78, 5) is 4.29. The van der Waals surface area contributed by atoms with Crippen molar-refractivity contribution < 1.29 is 0 Å². The molecule has 72 valence electrons. The highest BCUT2D eigenvalue weighted by Crippen LogP contribution is 2.22. The third kappa shape index (κ3) is 3.58. The molecule has 0 aliphatic carbocycles. The van der Waals surface area contributed by atoms with Crippen LogP contribution < -0.4 is 0 Å². The monoisotopic (exact) mass is 177 g/mol. The van der Waals surface area contributed by atoms with Gasteiger partial charge in [0.15, 0.2) is 0 Å². The maximum absolute atomic E-state index is 4.29. The van der Waals surface area contributed by atoms with Gasteiger partial charge in [-0.15, -0.1) is 0 Å². The molecule has 1 rings (SSSR count). The van der Waals surface area contributed by atoms with Crippen LogP contribution in [0.3, 0.4) is 0 Å². The van der Waals surface area contributed by atoms with E-state index >= 15 is 0 Å². The smallest absolute Gasteiger partial charge is 0.0413 e. The molecule has 1 aliphatic rings. The zero-order chi connectivity index (χ0) is 9.52. The van der Waals surface area contributed by atoms with Gasteiger partial charge in [0.2, 0.25) is 0 Å². The Balaban J connectivity index is 2.31. The van der Waals surface area contributed by atoms with E-state index in [1.807, 2.05) is 6.92 Å². The third-order valence-electron chi connectivity index (χ3n) is 2.61. The molecule has 0 aromatic rings. The Morgan fingerprint density at radius 3 is 3.00 bits per heavy atom. The molecule has 0 saturated heterocycles.